The van der Waals surface area contributed by atoms with Crippen molar-refractivity contribution < 1.29 is 19.1 Å². The average molecular weight is 378 g/mol. The van der Waals surface area contributed by atoms with Crippen molar-refractivity contribution in [2.75, 3.05) is 4.90 Å². The lowest BCUT2D eigenvalue weighted by Gasteiger charge is -2.15. The minimum absolute atomic E-state index is 0.226. The van der Waals surface area contributed by atoms with Gasteiger partial charge in [0.1, 0.15) is 5.75 Å². The molecule has 1 aliphatic heterocycles. The van der Waals surface area contributed by atoms with Crippen LogP contribution in [0.1, 0.15) is 31.1 Å². The summed E-state index contributed by atoms with van der Waals surface area (Å²) in [5.41, 5.74) is 1.38. The molecule has 1 aliphatic rings. The van der Waals surface area contributed by atoms with Crippen LogP contribution >= 0.6 is 11.6 Å². The zero-order valence-corrected chi connectivity index (χ0v) is 14.6. The number of halogens is 1. The number of fused-ring (bicyclic) bond motifs is 1. The topological polar surface area (TPSA) is 63.7 Å². The van der Waals surface area contributed by atoms with Crippen molar-refractivity contribution in [3.8, 4) is 5.75 Å². The summed E-state index contributed by atoms with van der Waals surface area (Å²) in [7, 11) is 0. The van der Waals surface area contributed by atoms with Gasteiger partial charge in [0, 0.05) is 11.1 Å². The van der Waals surface area contributed by atoms with Crippen molar-refractivity contribution in [2.45, 2.75) is 0 Å². The van der Waals surface area contributed by atoms with E-state index in [0.717, 1.165) is 4.90 Å². The maximum Gasteiger partial charge on any atom is 0.343 e. The number of rotatable bonds is 3. The van der Waals surface area contributed by atoms with E-state index in [2.05, 4.69) is 0 Å². The average Bonchev–Trinajstić information content (AvgIpc) is 2.93. The smallest absolute Gasteiger partial charge is 0.343 e. The molecular weight excluding hydrogens is 366 g/mol. The highest BCUT2D eigenvalue weighted by Crippen LogP contribution is 2.30. The fourth-order valence-electron chi connectivity index (χ4n) is 2.86. The molecule has 0 bridgehead atoms. The molecule has 27 heavy (non-hydrogen) atoms. The van der Waals surface area contributed by atoms with E-state index in [0.29, 0.717) is 27.4 Å². The first kappa shape index (κ1) is 17.0. The van der Waals surface area contributed by atoms with E-state index in [1.807, 2.05) is 0 Å². The molecule has 0 unspecified atom stereocenters. The van der Waals surface area contributed by atoms with Crippen LogP contribution in [0.5, 0.6) is 5.75 Å². The van der Waals surface area contributed by atoms with Crippen molar-refractivity contribution in [2.24, 2.45) is 0 Å². The number of nitrogens with zero attached hydrogens (tertiary/aromatic N) is 1. The summed E-state index contributed by atoms with van der Waals surface area (Å²) >= 11 is 5.81. The van der Waals surface area contributed by atoms with Crippen LogP contribution in [-0.4, -0.2) is 17.8 Å². The Balaban J connectivity index is 1.60. The van der Waals surface area contributed by atoms with Crippen LogP contribution in [0, 0.1) is 0 Å². The highest BCUT2D eigenvalue weighted by Gasteiger charge is 2.36. The van der Waals surface area contributed by atoms with Crippen molar-refractivity contribution >= 4 is 35.1 Å². The molecule has 0 saturated carbocycles. The van der Waals surface area contributed by atoms with E-state index in [1.54, 1.807) is 66.7 Å². The van der Waals surface area contributed by atoms with Crippen LogP contribution in [-0.2, 0) is 0 Å². The molecule has 5 nitrogen and oxygen atoms in total. The van der Waals surface area contributed by atoms with Gasteiger partial charge in [-0.25, -0.2) is 9.69 Å². The third-order valence-corrected chi connectivity index (χ3v) is 4.41. The Morgan fingerprint density at radius 2 is 1.44 bits per heavy atom. The summed E-state index contributed by atoms with van der Waals surface area (Å²) in [6.07, 6.45) is 0. The van der Waals surface area contributed by atoms with E-state index in [1.165, 1.54) is 6.07 Å². The minimum atomic E-state index is -0.564. The van der Waals surface area contributed by atoms with Gasteiger partial charge in [-0.3, -0.25) is 9.59 Å². The largest absolute Gasteiger partial charge is 0.423 e. The van der Waals surface area contributed by atoms with Gasteiger partial charge in [-0.05, 0) is 48.5 Å². The summed E-state index contributed by atoms with van der Waals surface area (Å²) in [5, 5.41) is 0.513. The Bertz CT molecular complexity index is 1040. The second-order valence-corrected chi connectivity index (χ2v) is 6.32. The van der Waals surface area contributed by atoms with E-state index >= 15 is 0 Å². The minimum Gasteiger partial charge on any atom is -0.423 e. The number of anilines is 1. The maximum absolute atomic E-state index is 12.6. The molecule has 0 N–H and O–H groups in total. The highest BCUT2D eigenvalue weighted by atomic mass is 35.5. The normalized spacial score (nSPS) is 12.9. The predicted octanol–water partition coefficient (Wildman–Crippen LogP) is 4.36. The Morgan fingerprint density at radius 1 is 0.815 bits per heavy atom. The molecule has 2 amide bonds. The predicted molar refractivity (Wildman–Crippen MR) is 100 cm³/mol. The lowest BCUT2D eigenvalue weighted by atomic mass is 10.1. The lowest BCUT2D eigenvalue weighted by molar-refractivity contribution is 0.0734. The Labute approximate surface area is 159 Å². The number of benzene rings is 3. The zero-order chi connectivity index (χ0) is 19.0. The molecule has 0 fully saturated rings. The molecule has 0 radical (unpaired) electrons. The molecule has 4 rings (SSSR count). The monoisotopic (exact) mass is 377 g/mol. The number of imide groups is 1. The van der Waals surface area contributed by atoms with Crippen LogP contribution in [0.4, 0.5) is 5.69 Å². The summed E-state index contributed by atoms with van der Waals surface area (Å²) in [5.74, 6) is -1.15. The van der Waals surface area contributed by atoms with E-state index in [4.69, 9.17) is 16.3 Å². The van der Waals surface area contributed by atoms with Crippen molar-refractivity contribution in [3.63, 3.8) is 0 Å². The third kappa shape index (κ3) is 3.09. The number of carbonyl (C=O) groups excluding carboxylic acids is 3. The molecule has 3 aromatic rings. The molecule has 0 aromatic heterocycles. The molecule has 0 aliphatic carbocycles. The van der Waals surface area contributed by atoms with Crippen LogP contribution in [0.15, 0.2) is 72.8 Å². The summed E-state index contributed by atoms with van der Waals surface area (Å²) < 4.78 is 5.36. The summed E-state index contributed by atoms with van der Waals surface area (Å²) in [4.78, 5) is 38.5. The van der Waals surface area contributed by atoms with E-state index < -0.39 is 17.8 Å². The number of hydrogen-bond acceptors (Lipinski definition) is 4. The second kappa shape index (κ2) is 6.70. The van der Waals surface area contributed by atoms with Crippen molar-refractivity contribution in [1.82, 2.24) is 0 Å². The van der Waals surface area contributed by atoms with Gasteiger partial charge in [0.25, 0.3) is 11.8 Å². The van der Waals surface area contributed by atoms with E-state index in [9.17, 15) is 14.4 Å². The SMILES string of the molecule is O=C(Oc1cccc(N2C(=O)c3ccccc3C2=O)c1)c1ccc(Cl)cc1. The van der Waals surface area contributed by atoms with Crippen molar-refractivity contribution in [1.29, 1.82) is 0 Å². The third-order valence-electron chi connectivity index (χ3n) is 4.16. The van der Waals surface area contributed by atoms with Gasteiger partial charge in [0.05, 0.1) is 22.4 Å². The van der Waals surface area contributed by atoms with E-state index in [-0.39, 0.29) is 5.75 Å². The van der Waals surface area contributed by atoms with Crippen LogP contribution < -0.4 is 9.64 Å². The standard InChI is InChI=1S/C21H12ClNO4/c22-14-10-8-13(9-11-14)21(26)27-16-5-3-4-15(12-16)23-19(24)17-6-1-2-7-18(17)20(23)25/h1-12H. The van der Waals surface area contributed by atoms with Gasteiger partial charge in [0.2, 0.25) is 0 Å². The van der Waals surface area contributed by atoms with Crippen molar-refractivity contribution in [3.05, 3.63) is 94.5 Å². The summed E-state index contributed by atoms with van der Waals surface area (Å²) in [6, 6.07) is 19.2. The number of carbonyl (C=O) groups is 3. The maximum atomic E-state index is 12.6. The lowest BCUT2D eigenvalue weighted by Crippen LogP contribution is -2.29. The van der Waals surface area contributed by atoms with Gasteiger partial charge in [0.15, 0.2) is 0 Å². The molecule has 132 valence electrons. The fraction of sp³-hybridized carbons (Fsp3) is 0. The Kier molecular flexibility index (Phi) is 4.22. The fourth-order valence-corrected chi connectivity index (χ4v) is 2.99. The van der Waals surface area contributed by atoms with Gasteiger partial charge in [-0.2, -0.15) is 0 Å². The van der Waals surface area contributed by atoms with Gasteiger partial charge in [-0.1, -0.05) is 29.8 Å². The molecular formula is C21H12ClNO4. The first-order valence-electron chi connectivity index (χ1n) is 8.10. The first-order chi connectivity index (χ1) is 13.0. The van der Waals surface area contributed by atoms with Crippen LogP contribution in [0.25, 0.3) is 0 Å². The number of hydrogen-bond donors (Lipinski definition) is 0. The molecule has 0 atom stereocenters. The Morgan fingerprint density at radius 3 is 2.07 bits per heavy atom. The number of amides is 2. The number of ether oxygens (including phenoxy) is 1. The zero-order valence-electron chi connectivity index (χ0n) is 13.9. The molecule has 0 saturated heterocycles. The summed E-state index contributed by atoms with van der Waals surface area (Å²) in [6.45, 7) is 0. The molecule has 3 aromatic carbocycles. The molecule has 6 heteroatoms. The second-order valence-electron chi connectivity index (χ2n) is 5.89. The molecule has 0 spiro atoms. The quantitative estimate of drug-likeness (QED) is 0.386. The highest BCUT2D eigenvalue weighted by molar-refractivity contribution is 6.34. The van der Waals surface area contributed by atoms with Crippen LogP contribution in [0.3, 0.4) is 0 Å². The van der Waals surface area contributed by atoms with Gasteiger partial charge >= 0.3 is 5.97 Å². The number of esters is 1. The Hall–Kier alpha value is -3.44. The van der Waals surface area contributed by atoms with Gasteiger partial charge < -0.3 is 4.74 Å². The first-order valence-corrected chi connectivity index (χ1v) is 8.48. The van der Waals surface area contributed by atoms with Gasteiger partial charge in [-0.15, -0.1) is 0 Å². The molecule has 1 heterocycles. The van der Waals surface area contributed by atoms with Crippen LogP contribution in [0.2, 0.25) is 5.02 Å².